The van der Waals surface area contributed by atoms with Crippen molar-refractivity contribution in [2.24, 2.45) is 0 Å². The van der Waals surface area contributed by atoms with Gasteiger partial charge in [-0.05, 0) is 46.8 Å². The predicted molar refractivity (Wildman–Crippen MR) is 98.6 cm³/mol. The Morgan fingerprint density at radius 3 is 2.92 bits per heavy atom. The molecule has 0 bridgehead atoms. The summed E-state index contributed by atoms with van der Waals surface area (Å²) in [5.41, 5.74) is 0.586. The van der Waals surface area contributed by atoms with Crippen molar-refractivity contribution >= 4 is 49.1 Å². The molecule has 9 heteroatoms. The summed E-state index contributed by atoms with van der Waals surface area (Å²) in [5.74, 6) is -2.27. The standard InChI is InChI=1S/C17H12BrF2N3O2S/c18-10-4-8(19)5-11(20)15(10)22-13(24)6-23-7-21-16-14(17(23)25)9-2-1-3-12(9)26-16/h4-5,7H,1-3,6H2,(H,22,24). The average Bonchev–Trinajstić information content (AvgIpc) is 3.14. The Balaban J connectivity index is 1.63. The number of fused-ring (bicyclic) bond motifs is 3. The molecule has 2 heterocycles. The zero-order chi connectivity index (χ0) is 18.4. The molecule has 0 saturated carbocycles. The molecule has 26 heavy (non-hydrogen) atoms. The van der Waals surface area contributed by atoms with E-state index in [1.165, 1.54) is 27.1 Å². The van der Waals surface area contributed by atoms with Crippen LogP contribution in [0.4, 0.5) is 14.5 Å². The molecule has 1 aliphatic carbocycles. The largest absolute Gasteiger partial charge is 0.321 e. The maximum absolute atomic E-state index is 13.8. The molecule has 2 aromatic heterocycles. The molecular formula is C17H12BrF2N3O2S. The van der Waals surface area contributed by atoms with Gasteiger partial charge in [0.25, 0.3) is 5.56 Å². The first-order valence-electron chi connectivity index (χ1n) is 7.88. The van der Waals surface area contributed by atoms with Gasteiger partial charge in [-0.25, -0.2) is 13.8 Å². The Kier molecular flexibility index (Phi) is 4.36. The van der Waals surface area contributed by atoms with E-state index in [9.17, 15) is 18.4 Å². The summed E-state index contributed by atoms with van der Waals surface area (Å²) in [6, 6.07) is 1.72. The molecule has 5 nitrogen and oxygen atoms in total. The molecule has 0 fully saturated rings. The van der Waals surface area contributed by atoms with Crippen LogP contribution in [0.25, 0.3) is 10.2 Å². The van der Waals surface area contributed by atoms with Gasteiger partial charge in [-0.2, -0.15) is 0 Å². The molecule has 0 radical (unpaired) electrons. The highest BCUT2D eigenvalue weighted by Crippen LogP contribution is 2.34. The lowest BCUT2D eigenvalue weighted by molar-refractivity contribution is -0.116. The number of rotatable bonds is 3. The monoisotopic (exact) mass is 439 g/mol. The van der Waals surface area contributed by atoms with Gasteiger partial charge >= 0.3 is 0 Å². The number of amides is 1. The highest BCUT2D eigenvalue weighted by molar-refractivity contribution is 9.10. The minimum Gasteiger partial charge on any atom is -0.321 e. The molecule has 134 valence electrons. The van der Waals surface area contributed by atoms with E-state index in [-0.39, 0.29) is 22.3 Å². The number of aromatic nitrogens is 2. The number of carbonyl (C=O) groups excluding carboxylic acids is 1. The van der Waals surface area contributed by atoms with Crippen LogP contribution in [0.3, 0.4) is 0 Å². The van der Waals surface area contributed by atoms with E-state index in [0.29, 0.717) is 16.3 Å². The fourth-order valence-corrected chi connectivity index (χ4v) is 4.85. The molecule has 1 amide bonds. The highest BCUT2D eigenvalue weighted by Gasteiger charge is 2.22. The summed E-state index contributed by atoms with van der Waals surface area (Å²) >= 11 is 4.53. The third kappa shape index (κ3) is 2.95. The zero-order valence-electron chi connectivity index (χ0n) is 13.3. The molecule has 0 aliphatic heterocycles. The Labute approximate surface area is 158 Å². The van der Waals surface area contributed by atoms with Crippen molar-refractivity contribution in [3.63, 3.8) is 0 Å². The van der Waals surface area contributed by atoms with Crippen LogP contribution in [0.2, 0.25) is 0 Å². The van der Waals surface area contributed by atoms with E-state index in [4.69, 9.17) is 0 Å². The molecular weight excluding hydrogens is 428 g/mol. The first-order valence-corrected chi connectivity index (χ1v) is 9.49. The third-order valence-corrected chi connectivity index (χ3v) is 6.10. The van der Waals surface area contributed by atoms with Gasteiger partial charge in [-0.3, -0.25) is 14.2 Å². The fourth-order valence-electron chi connectivity index (χ4n) is 3.13. The van der Waals surface area contributed by atoms with Gasteiger partial charge in [0, 0.05) is 15.4 Å². The summed E-state index contributed by atoms with van der Waals surface area (Å²) in [4.78, 5) is 31.1. The van der Waals surface area contributed by atoms with Crippen LogP contribution < -0.4 is 10.9 Å². The average molecular weight is 440 g/mol. The van der Waals surface area contributed by atoms with Crippen molar-refractivity contribution in [1.29, 1.82) is 0 Å². The van der Waals surface area contributed by atoms with Crippen molar-refractivity contribution in [2.45, 2.75) is 25.8 Å². The molecule has 0 spiro atoms. The van der Waals surface area contributed by atoms with Crippen LogP contribution in [-0.4, -0.2) is 15.5 Å². The maximum atomic E-state index is 13.8. The summed E-state index contributed by atoms with van der Waals surface area (Å²) in [5, 5.41) is 2.94. The number of carbonyl (C=O) groups is 1. The number of nitrogens with one attached hydrogen (secondary N) is 1. The molecule has 0 saturated heterocycles. The van der Waals surface area contributed by atoms with Crippen molar-refractivity contribution in [3.05, 3.63) is 55.4 Å². The van der Waals surface area contributed by atoms with E-state index in [1.54, 1.807) is 0 Å². The maximum Gasteiger partial charge on any atom is 0.262 e. The molecule has 0 unspecified atom stereocenters. The summed E-state index contributed by atoms with van der Waals surface area (Å²) in [7, 11) is 0. The molecule has 1 aromatic carbocycles. The number of thiophene rings is 1. The second-order valence-corrected chi connectivity index (χ2v) is 7.95. The van der Waals surface area contributed by atoms with Crippen LogP contribution in [-0.2, 0) is 24.2 Å². The smallest absolute Gasteiger partial charge is 0.262 e. The minimum absolute atomic E-state index is 0.0833. The van der Waals surface area contributed by atoms with Gasteiger partial charge in [0.2, 0.25) is 5.91 Å². The zero-order valence-corrected chi connectivity index (χ0v) is 15.7. The first-order chi connectivity index (χ1) is 12.4. The molecule has 4 rings (SSSR count). The SMILES string of the molecule is O=C(Cn1cnc2sc3c(c2c1=O)CCC3)Nc1c(F)cc(F)cc1Br. The molecule has 1 aliphatic rings. The number of anilines is 1. The lowest BCUT2D eigenvalue weighted by Gasteiger charge is -2.10. The topological polar surface area (TPSA) is 64.0 Å². The second kappa shape index (κ2) is 6.55. The summed E-state index contributed by atoms with van der Waals surface area (Å²) < 4.78 is 28.3. The Bertz CT molecular complexity index is 1090. The van der Waals surface area contributed by atoms with Gasteiger partial charge < -0.3 is 5.32 Å². The highest BCUT2D eigenvalue weighted by atomic mass is 79.9. The normalized spacial score (nSPS) is 13.2. The summed E-state index contributed by atoms with van der Waals surface area (Å²) in [6.07, 6.45) is 4.14. The fraction of sp³-hybridized carbons (Fsp3) is 0.235. The van der Waals surface area contributed by atoms with E-state index in [1.807, 2.05) is 0 Å². The number of benzene rings is 1. The molecule has 1 N–H and O–H groups in total. The quantitative estimate of drug-likeness (QED) is 0.677. The lowest BCUT2D eigenvalue weighted by Crippen LogP contribution is -2.28. The first kappa shape index (κ1) is 17.3. The van der Waals surface area contributed by atoms with Crippen molar-refractivity contribution in [1.82, 2.24) is 9.55 Å². The van der Waals surface area contributed by atoms with Gasteiger partial charge in [0.15, 0.2) is 5.82 Å². The Hall–Kier alpha value is -2.13. The van der Waals surface area contributed by atoms with E-state index >= 15 is 0 Å². The van der Waals surface area contributed by atoms with Crippen LogP contribution in [0, 0.1) is 11.6 Å². The molecule has 3 aromatic rings. The summed E-state index contributed by atoms with van der Waals surface area (Å²) in [6.45, 7) is -0.310. The van der Waals surface area contributed by atoms with Crippen molar-refractivity contribution < 1.29 is 13.6 Å². The Morgan fingerprint density at radius 2 is 2.15 bits per heavy atom. The third-order valence-electron chi connectivity index (χ3n) is 4.28. The number of aryl methyl sites for hydroxylation is 2. The van der Waals surface area contributed by atoms with E-state index < -0.39 is 17.5 Å². The van der Waals surface area contributed by atoms with Gasteiger partial charge in [-0.15, -0.1) is 11.3 Å². The van der Waals surface area contributed by atoms with E-state index in [0.717, 1.165) is 30.9 Å². The van der Waals surface area contributed by atoms with Gasteiger partial charge in [-0.1, -0.05) is 0 Å². The molecule has 0 atom stereocenters. The van der Waals surface area contributed by atoms with Crippen molar-refractivity contribution in [2.75, 3.05) is 5.32 Å². The van der Waals surface area contributed by atoms with Crippen LogP contribution in [0.15, 0.2) is 27.7 Å². The van der Waals surface area contributed by atoms with Gasteiger partial charge in [0.05, 0.1) is 17.4 Å². The van der Waals surface area contributed by atoms with Crippen LogP contribution in [0.1, 0.15) is 16.9 Å². The number of nitrogens with zero attached hydrogens (tertiary/aromatic N) is 2. The lowest BCUT2D eigenvalue weighted by atomic mass is 10.2. The van der Waals surface area contributed by atoms with Crippen LogP contribution in [0.5, 0.6) is 0 Å². The Morgan fingerprint density at radius 1 is 1.35 bits per heavy atom. The predicted octanol–water partition coefficient (Wildman–Crippen LogP) is 3.63. The number of hydrogen-bond donors (Lipinski definition) is 1. The number of hydrogen-bond acceptors (Lipinski definition) is 4. The number of halogens is 3. The second-order valence-electron chi connectivity index (χ2n) is 6.01. The van der Waals surface area contributed by atoms with Gasteiger partial charge in [0.1, 0.15) is 17.2 Å². The van der Waals surface area contributed by atoms with Crippen molar-refractivity contribution in [3.8, 4) is 0 Å². The van der Waals surface area contributed by atoms with E-state index in [2.05, 4.69) is 26.2 Å². The minimum atomic E-state index is -0.901. The van der Waals surface area contributed by atoms with Crippen LogP contribution >= 0.6 is 27.3 Å².